The summed E-state index contributed by atoms with van der Waals surface area (Å²) in [6.07, 6.45) is -0.703. The molecule has 0 saturated heterocycles. The molecule has 0 aliphatic carbocycles. The molecule has 0 fully saturated rings. The number of carbonyl (C=O) groups excluding carboxylic acids is 3. The predicted molar refractivity (Wildman–Crippen MR) is 110 cm³/mol. The molecule has 0 radical (unpaired) electrons. The van der Waals surface area contributed by atoms with Crippen LogP contribution in [-0.4, -0.2) is 34.3 Å². The van der Waals surface area contributed by atoms with Gasteiger partial charge in [0.25, 0.3) is 11.8 Å². The van der Waals surface area contributed by atoms with E-state index in [-0.39, 0.29) is 29.8 Å². The summed E-state index contributed by atoms with van der Waals surface area (Å²) in [5.74, 6) is -1.07. The van der Waals surface area contributed by atoms with Crippen LogP contribution in [0, 0.1) is 0 Å². The highest BCUT2D eigenvalue weighted by molar-refractivity contribution is 6.17. The Morgan fingerprint density at radius 3 is 2.33 bits per heavy atom. The van der Waals surface area contributed by atoms with Crippen molar-refractivity contribution in [2.24, 2.45) is 0 Å². The van der Waals surface area contributed by atoms with E-state index in [0.29, 0.717) is 22.4 Å². The highest BCUT2D eigenvalue weighted by Crippen LogP contribution is 2.45. The van der Waals surface area contributed by atoms with Gasteiger partial charge in [0.2, 0.25) is 5.91 Å². The SMILES string of the molecule is O=C(CN1C(=O)c2ccccc2N2C(=O)c3ccccc3[C@@H]12)Nc1ccccc1O. The predicted octanol–water partition coefficient (Wildman–Crippen LogP) is 3.15. The average Bonchev–Trinajstić information content (AvgIpc) is 3.06. The first-order chi connectivity index (χ1) is 14.6. The summed E-state index contributed by atoms with van der Waals surface area (Å²) in [5, 5.41) is 12.5. The first-order valence-corrected chi connectivity index (χ1v) is 9.46. The van der Waals surface area contributed by atoms with Gasteiger partial charge < -0.3 is 15.3 Å². The van der Waals surface area contributed by atoms with E-state index in [0.717, 1.165) is 0 Å². The Labute approximate surface area is 172 Å². The van der Waals surface area contributed by atoms with Crippen molar-refractivity contribution >= 4 is 29.1 Å². The molecule has 0 aromatic heterocycles. The zero-order valence-electron chi connectivity index (χ0n) is 15.8. The molecule has 7 heteroatoms. The number of amides is 3. The second kappa shape index (κ2) is 6.73. The molecule has 30 heavy (non-hydrogen) atoms. The Kier molecular flexibility index (Phi) is 4.03. The molecule has 0 unspecified atom stereocenters. The maximum atomic E-state index is 13.3. The fraction of sp³-hybridized carbons (Fsp3) is 0.0870. The Balaban J connectivity index is 1.54. The van der Waals surface area contributed by atoms with Gasteiger partial charge in [-0.15, -0.1) is 0 Å². The van der Waals surface area contributed by atoms with Gasteiger partial charge in [-0.1, -0.05) is 42.5 Å². The van der Waals surface area contributed by atoms with E-state index in [1.54, 1.807) is 71.6 Å². The van der Waals surface area contributed by atoms with Crippen LogP contribution in [0.1, 0.15) is 32.4 Å². The van der Waals surface area contributed by atoms with E-state index < -0.39 is 12.1 Å². The lowest BCUT2D eigenvalue weighted by molar-refractivity contribution is -0.117. The van der Waals surface area contributed by atoms with Crippen LogP contribution in [0.3, 0.4) is 0 Å². The van der Waals surface area contributed by atoms with E-state index in [1.165, 1.54) is 11.0 Å². The number of fused-ring (bicyclic) bond motifs is 5. The van der Waals surface area contributed by atoms with Gasteiger partial charge >= 0.3 is 0 Å². The van der Waals surface area contributed by atoms with Crippen molar-refractivity contribution < 1.29 is 19.5 Å². The first-order valence-electron chi connectivity index (χ1n) is 9.46. The minimum absolute atomic E-state index is 0.0656. The van der Waals surface area contributed by atoms with Crippen molar-refractivity contribution in [3.05, 3.63) is 89.5 Å². The standard InChI is InChI=1S/C23H17N3O4/c27-19-12-6-4-10-17(19)24-20(28)13-25-21-14-7-1-2-8-15(14)23(30)26(21)18-11-5-3-9-16(18)22(25)29/h1-12,21,27H,13H2,(H,24,28)/t21-/m0/s1. The summed E-state index contributed by atoms with van der Waals surface area (Å²) < 4.78 is 0. The fourth-order valence-corrected chi connectivity index (χ4v) is 4.06. The van der Waals surface area contributed by atoms with Gasteiger partial charge in [-0.3, -0.25) is 19.3 Å². The van der Waals surface area contributed by atoms with Crippen LogP contribution >= 0.6 is 0 Å². The summed E-state index contributed by atoms with van der Waals surface area (Å²) >= 11 is 0. The molecule has 1 atom stereocenters. The molecule has 0 spiro atoms. The summed E-state index contributed by atoms with van der Waals surface area (Å²) in [5.41, 5.74) is 2.35. The van der Waals surface area contributed by atoms with E-state index in [1.807, 2.05) is 0 Å². The number of nitrogens with one attached hydrogen (secondary N) is 1. The van der Waals surface area contributed by atoms with Gasteiger partial charge in [0.15, 0.2) is 0 Å². The highest BCUT2D eigenvalue weighted by Gasteiger charge is 2.48. The van der Waals surface area contributed by atoms with Crippen LogP contribution in [0.4, 0.5) is 11.4 Å². The largest absolute Gasteiger partial charge is 0.506 e. The number of carbonyl (C=O) groups is 3. The van der Waals surface area contributed by atoms with Gasteiger partial charge in [-0.25, -0.2) is 0 Å². The van der Waals surface area contributed by atoms with Gasteiger partial charge in [-0.05, 0) is 30.3 Å². The third kappa shape index (κ3) is 2.63. The van der Waals surface area contributed by atoms with Gasteiger partial charge in [0.05, 0.1) is 16.9 Å². The molecule has 3 aromatic carbocycles. The second-order valence-electron chi connectivity index (χ2n) is 7.15. The highest BCUT2D eigenvalue weighted by atomic mass is 16.3. The normalized spacial score (nSPS) is 16.7. The lowest BCUT2D eigenvalue weighted by atomic mass is 10.0. The quantitative estimate of drug-likeness (QED) is 0.662. The number of hydrogen-bond acceptors (Lipinski definition) is 4. The zero-order valence-corrected chi connectivity index (χ0v) is 15.8. The molecule has 5 rings (SSSR count). The molecule has 0 saturated carbocycles. The van der Waals surface area contributed by atoms with Gasteiger partial charge in [0.1, 0.15) is 18.5 Å². The lowest BCUT2D eigenvalue weighted by Crippen LogP contribution is -2.50. The summed E-state index contributed by atoms with van der Waals surface area (Å²) in [7, 11) is 0. The van der Waals surface area contributed by atoms with Crippen molar-refractivity contribution in [3.63, 3.8) is 0 Å². The summed E-state index contributed by atoms with van der Waals surface area (Å²) in [6.45, 7) is -0.274. The lowest BCUT2D eigenvalue weighted by Gasteiger charge is -2.40. The number of anilines is 2. The second-order valence-corrected chi connectivity index (χ2v) is 7.15. The fourth-order valence-electron chi connectivity index (χ4n) is 4.06. The van der Waals surface area contributed by atoms with Crippen LogP contribution in [-0.2, 0) is 4.79 Å². The molecular weight excluding hydrogens is 382 g/mol. The van der Waals surface area contributed by atoms with Crippen molar-refractivity contribution in [2.75, 3.05) is 16.8 Å². The average molecular weight is 399 g/mol. The molecule has 3 aromatic rings. The number of aromatic hydroxyl groups is 1. The molecule has 3 amide bonds. The molecule has 2 aliphatic rings. The third-order valence-electron chi connectivity index (χ3n) is 5.37. The number of phenolic OH excluding ortho intramolecular Hbond substituents is 1. The topological polar surface area (TPSA) is 90.0 Å². The number of para-hydroxylation sites is 3. The van der Waals surface area contributed by atoms with Gasteiger partial charge in [-0.2, -0.15) is 0 Å². The van der Waals surface area contributed by atoms with Crippen LogP contribution < -0.4 is 10.2 Å². The van der Waals surface area contributed by atoms with Crippen LogP contribution in [0.25, 0.3) is 0 Å². The molecule has 2 N–H and O–H groups in total. The number of nitrogens with zero attached hydrogens (tertiary/aromatic N) is 2. The molecule has 2 heterocycles. The monoisotopic (exact) mass is 399 g/mol. The van der Waals surface area contributed by atoms with Crippen LogP contribution in [0.2, 0.25) is 0 Å². The minimum Gasteiger partial charge on any atom is -0.506 e. The molecular formula is C23H17N3O4. The van der Waals surface area contributed by atoms with Crippen LogP contribution in [0.5, 0.6) is 5.75 Å². The molecule has 2 aliphatic heterocycles. The molecule has 148 valence electrons. The maximum absolute atomic E-state index is 13.3. The van der Waals surface area contributed by atoms with E-state index >= 15 is 0 Å². The number of benzene rings is 3. The number of hydrogen-bond donors (Lipinski definition) is 2. The molecule has 0 bridgehead atoms. The third-order valence-corrected chi connectivity index (χ3v) is 5.37. The maximum Gasteiger partial charge on any atom is 0.260 e. The summed E-state index contributed by atoms with van der Waals surface area (Å²) in [6, 6.07) is 20.4. The molecule has 7 nitrogen and oxygen atoms in total. The Hall–Kier alpha value is -4.13. The first kappa shape index (κ1) is 17.9. The zero-order chi connectivity index (χ0) is 20.8. The van der Waals surface area contributed by atoms with E-state index in [9.17, 15) is 19.5 Å². The number of rotatable bonds is 3. The minimum atomic E-state index is -0.703. The smallest absolute Gasteiger partial charge is 0.260 e. The van der Waals surface area contributed by atoms with E-state index in [2.05, 4.69) is 5.32 Å². The van der Waals surface area contributed by atoms with Crippen molar-refractivity contribution in [3.8, 4) is 5.75 Å². The van der Waals surface area contributed by atoms with Crippen molar-refractivity contribution in [2.45, 2.75) is 6.17 Å². The van der Waals surface area contributed by atoms with Gasteiger partial charge in [0, 0.05) is 11.1 Å². The van der Waals surface area contributed by atoms with Crippen LogP contribution in [0.15, 0.2) is 72.8 Å². The summed E-state index contributed by atoms with van der Waals surface area (Å²) in [4.78, 5) is 42.1. The van der Waals surface area contributed by atoms with E-state index in [4.69, 9.17) is 0 Å². The van der Waals surface area contributed by atoms with Crippen molar-refractivity contribution in [1.29, 1.82) is 0 Å². The Bertz CT molecular complexity index is 1210. The number of phenols is 1. The van der Waals surface area contributed by atoms with Crippen molar-refractivity contribution in [1.82, 2.24) is 4.90 Å². The Morgan fingerprint density at radius 1 is 0.867 bits per heavy atom. The Morgan fingerprint density at radius 2 is 1.53 bits per heavy atom.